The van der Waals surface area contributed by atoms with Crippen LogP contribution >= 0.6 is 0 Å². The van der Waals surface area contributed by atoms with E-state index >= 15 is 0 Å². The fraction of sp³-hybridized carbons (Fsp3) is 0. The van der Waals surface area contributed by atoms with Crippen LogP contribution in [0, 0.1) is 5.82 Å². The summed E-state index contributed by atoms with van der Waals surface area (Å²) in [4.78, 5) is 18.3. The molecule has 0 aliphatic carbocycles. The molecule has 3 nitrogen and oxygen atoms in total. The minimum Gasteiger partial charge on any atom is -0.298 e. The van der Waals surface area contributed by atoms with E-state index < -0.39 is 0 Å². The van der Waals surface area contributed by atoms with Crippen LogP contribution < -0.4 is 0 Å². The molecule has 0 spiro atoms. The van der Waals surface area contributed by atoms with E-state index in [0.29, 0.717) is 23.2 Å². The van der Waals surface area contributed by atoms with Gasteiger partial charge in [0, 0.05) is 18.0 Å². The maximum absolute atomic E-state index is 12.6. The molecule has 2 rings (SSSR count). The van der Waals surface area contributed by atoms with Crippen LogP contribution in [0.4, 0.5) is 4.39 Å². The highest BCUT2D eigenvalue weighted by Gasteiger charge is 2.00. The van der Waals surface area contributed by atoms with Crippen LogP contribution in [0.3, 0.4) is 0 Å². The van der Waals surface area contributed by atoms with Crippen LogP contribution in [0.15, 0.2) is 36.7 Å². The summed E-state index contributed by atoms with van der Waals surface area (Å²) in [6.07, 6.45) is 3.53. The Morgan fingerprint density at radius 3 is 2.20 bits per heavy atom. The predicted octanol–water partition coefficient (Wildman–Crippen LogP) is 2.10. The molecule has 1 aromatic heterocycles. The Hall–Kier alpha value is -2.10. The second-order valence-corrected chi connectivity index (χ2v) is 2.96. The first-order valence-electron chi connectivity index (χ1n) is 4.33. The molecule has 4 heteroatoms. The van der Waals surface area contributed by atoms with Gasteiger partial charge in [0.1, 0.15) is 5.82 Å². The minimum absolute atomic E-state index is 0.303. The summed E-state index contributed by atoms with van der Waals surface area (Å²) in [5, 5.41) is 0. The van der Waals surface area contributed by atoms with E-state index in [1.807, 2.05) is 0 Å². The van der Waals surface area contributed by atoms with Crippen LogP contribution in [0.1, 0.15) is 10.4 Å². The van der Waals surface area contributed by atoms with Gasteiger partial charge >= 0.3 is 0 Å². The van der Waals surface area contributed by atoms with Gasteiger partial charge in [-0.1, -0.05) is 0 Å². The van der Waals surface area contributed by atoms with Crippen molar-refractivity contribution in [2.24, 2.45) is 0 Å². The van der Waals surface area contributed by atoms with Gasteiger partial charge in [-0.2, -0.15) is 0 Å². The van der Waals surface area contributed by atoms with Crippen molar-refractivity contribution in [1.29, 1.82) is 0 Å². The number of aldehydes is 1. The number of benzene rings is 1. The molecule has 2 aromatic rings. The fourth-order valence-electron chi connectivity index (χ4n) is 1.15. The Morgan fingerprint density at radius 1 is 1.07 bits per heavy atom. The summed E-state index contributed by atoms with van der Waals surface area (Å²) in [5.74, 6) is 0.170. The van der Waals surface area contributed by atoms with Crippen molar-refractivity contribution in [3.8, 4) is 11.4 Å². The SMILES string of the molecule is O=Cc1cnc(-c2ccc(F)cc2)nc1. The van der Waals surface area contributed by atoms with E-state index in [2.05, 4.69) is 9.97 Å². The Kier molecular flexibility index (Phi) is 2.49. The predicted molar refractivity (Wildman–Crippen MR) is 52.8 cm³/mol. The van der Waals surface area contributed by atoms with Crippen molar-refractivity contribution < 1.29 is 9.18 Å². The first-order valence-corrected chi connectivity index (χ1v) is 4.33. The summed E-state index contributed by atoms with van der Waals surface area (Å²) in [6.45, 7) is 0. The number of hydrogen-bond donors (Lipinski definition) is 0. The van der Waals surface area contributed by atoms with Gasteiger partial charge in [-0.3, -0.25) is 4.79 Å². The minimum atomic E-state index is -0.303. The number of hydrogen-bond acceptors (Lipinski definition) is 3. The number of carbonyl (C=O) groups excluding carboxylic acids is 1. The first kappa shape index (κ1) is 9.45. The third kappa shape index (κ3) is 2.04. The number of carbonyl (C=O) groups is 1. The van der Waals surface area contributed by atoms with Gasteiger partial charge in [0.25, 0.3) is 0 Å². The molecule has 0 N–H and O–H groups in total. The zero-order valence-corrected chi connectivity index (χ0v) is 7.72. The lowest BCUT2D eigenvalue weighted by atomic mass is 10.2. The van der Waals surface area contributed by atoms with Crippen molar-refractivity contribution in [3.05, 3.63) is 48.0 Å². The van der Waals surface area contributed by atoms with E-state index in [9.17, 15) is 9.18 Å². The van der Waals surface area contributed by atoms with Gasteiger partial charge in [-0.15, -0.1) is 0 Å². The number of aromatic nitrogens is 2. The van der Waals surface area contributed by atoms with Gasteiger partial charge in [-0.05, 0) is 24.3 Å². The maximum atomic E-state index is 12.6. The highest BCUT2D eigenvalue weighted by molar-refractivity contribution is 5.73. The van der Waals surface area contributed by atoms with Gasteiger partial charge in [-0.25, -0.2) is 14.4 Å². The van der Waals surface area contributed by atoms with Gasteiger partial charge in [0.05, 0.1) is 5.56 Å². The molecule has 0 bridgehead atoms. The second-order valence-electron chi connectivity index (χ2n) is 2.96. The topological polar surface area (TPSA) is 42.9 Å². The van der Waals surface area contributed by atoms with Crippen molar-refractivity contribution in [2.75, 3.05) is 0 Å². The number of nitrogens with zero attached hydrogens (tertiary/aromatic N) is 2. The standard InChI is InChI=1S/C11H7FN2O/c12-10-3-1-9(2-4-10)11-13-5-8(7-15)6-14-11/h1-7H. The van der Waals surface area contributed by atoms with Crippen LogP contribution in [0.5, 0.6) is 0 Å². The molecule has 0 atom stereocenters. The molecule has 0 unspecified atom stereocenters. The number of rotatable bonds is 2. The maximum Gasteiger partial charge on any atom is 0.159 e. The molecule has 0 fully saturated rings. The van der Waals surface area contributed by atoms with Gasteiger partial charge in [0.2, 0.25) is 0 Å². The normalized spacial score (nSPS) is 9.93. The number of halogens is 1. The van der Waals surface area contributed by atoms with Gasteiger partial charge in [0.15, 0.2) is 12.1 Å². The largest absolute Gasteiger partial charge is 0.298 e. The van der Waals surface area contributed by atoms with E-state index in [-0.39, 0.29) is 5.82 Å². The first-order chi connectivity index (χ1) is 7.29. The molecule has 0 saturated carbocycles. The smallest absolute Gasteiger partial charge is 0.159 e. The zero-order valence-electron chi connectivity index (χ0n) is 7.72. The van der Waals surface area contributed by atoms with Gasteiger partial charge < -0.3 is 0 Å². The van der Waals surface area contributed by atoms with Crippen LogP contribution in [-0.2, 0) is 0 Å². The molecule has 0 radical (unpaired) electrons. The average molecular weight is 202 g/mol. The average Bonchev–Trinajstić information content (AvgIpc) is 2.30. The monoisotopic (exact) mass is 202 g/mol. The molecule has 1 heterocycles. The molecule has 0 aliphatic heterocycles. The highest BCUT2D eigenvalue weighted by Crippen LogP contribution is 2.14. The summed E-state index contributed by atoms with van der Waals surface area (Å²) >= 11 is 0. The van der Waals surface area contributed by atoms with Crippen LogP contribution in [0.25, 0.3) is 11.4 Å². The van der Waals surface area contributed by atoms with Crippen molar-refractivity contribution >= 4 is 6.29 Å². The highest BCUT2D eigenvalue weighted by atomic mass is 19.1. The van der Waals surface area contributed by atoms with Crippen LogP contribution in [-0.4, -0.2) is 16.3 Å². The Balaban J connectivity index is 2.37. The molecule has 1 aromatic carbocycles. The molecule has 0 saturated heterocycles. The third-order valence-electron chi connectivity index (χ3n) is 1.91. The molecule has 0 aliphatic rings. The fourth-order valence-corrected chi connectivity index (χ4v) is 1.15. The summed E-state index contributed by atoms with van der Waals surface area (Å²) in [5.41, 5.74) is 1.13. The Labute approximate surface area is 85.6 Å². The van der Waals surface area contributed by atoms with E-state index in [1.54, 1.807) is 12.1 Å². The summed E-state index contributed by atoms with van der Waals surface area (Å²) < 4.78 is 12.6. The summed E-state index contributed by atoms with van der Waals surface area (Å²) in [6, 6.07) is 5.86. The molecular weight excluding hydrogens is 195 g/mol. The summed E-state index contributed by atoms with van der Waals surface area (Å²) in [7, 11) is 0. The van der Waals surface area contributed by atoms with E-state index in [1.165, 1.54) is 24.5 Å². The molecule has 74 valence electrons. The lowest BCUT2D eigenvalue weighted by Crippen LogP contribution is -1.91. The molecule has 15 heavy (non-hydrogen) atoms. The quantitative estimate of drug-likeness (QED) is 0.700. The second kappa shape index (κ2) is 3.96. The lowest BCUT2D eigenvalue weighted by Gasteiger charge is -1.98. The van der Waals surface area contributed by atoms with Crippen molar-refractivity contribution in [3.63, 3.8) is 0 Å². The molecule has 0 amide bonds. The van der Waals surface area contributed by atoms with E-state index in [0.717, 1.165) is 0 Å². The molecular formula is C11H7FN2O. The third-order valence-corrected chi connectivity index (χ3v) is 1.91. The van der Waals surface area contributed by atoms with Crippen molar-refractivity contribution in [1.82, 2.24) is 9.97 Å². The Morgan fingerprint density at radius 2 is 1.67 bits per heavy atom. The van der Waals surface area contributed by atoms with Crippen molar-refractivity contribution in [2.45, 2.75) is 0 Å². The van der Waals surface area contributed by atoms with Crippen LogP contribution in [0.2, 0.25) is 0 Å². The Bertz CT molecular complexity index is 465. The zero-order chi connectivity index (χ0) is 10.7. The lowest BCUT2D eigenvalue weighted by molar-refractivity contribution is 0.112. The van der Waals surface area contributed by atoms with E-state index in [4.69, 9.17) is 0 Å².